The zero-order chi connectivity index (χ0) is 16.2. The number of hydrogen-bond acceptors (Lipinski definition) is 5. The Bertz CT molecular complexity index is 611. The second-order valence-electron chi connectivity index (χ2n) is 4.70. The van der Waals surface area contributed by atoms with Gasteiger partial charge in [-0.25, -0.2) is 8.42 Å². The van der Waals surface area contributed by atoms with Crippen molar-refractivity contribution in [2.75, 3.05) is 14.2 Å². The number of rotatable bonds is 7. The van der Waals surface area contributed by atoms with E-state index in [0.717, 1.165) is 0 Å². The van der Waals surface area contributed by atoms with E-state index in [9.17, 15) is 13.2 Å². The first kappa shape index (κ1) is 17.3. The lowest BCUT2D eigenvalue weighted by atomic mass is 10.1. The Morgan fingerprint density at radius 2 is 1.86 bits per heavy atom. The zero-order valence-corrected chi connectivity index (χ0v) is 13.1. The van der Waals surface area contributed by atoms with Crippen LogP contribution in [0.4, 0.5) is 0 Å². The Hall–Kier alpha value is -1.80. The first-order valence-corrected chi connectivity index (χ1v) is 7.68. The molecule has 0 spiro atoms. The van der Waals surface area contributed by atoms with Crippen LogP contribution in [-0.2, 0) is 14.8 Å². The first-order valence-electron chi connectivity index (χ1n) is 6.20. The van der Waals surface area contributed by atoms with Crippen LogP contribution in [0.25, 0.3) is 0 Å². The van der Waals surface area contributed by atoms with Gasteiger partial charge in [0.05, 0.1) is 14.2 Å². The molecule has 2 N–H and O–H groups in total. The third kappa shape index (κ3) is 4.08. The van der Waals surface area contributed by atoms with Crippen molar-refractivity contribution in [2.24, 2.45) is 5.92 Å². The summed E-state index contributed by atoms with van der Waals surface area (Å²) in [4.78, 5) is 11.0. The molecule has 0 amide bonds. The highest BCUT2D eigenvalue weighted by Gasteiger charge is 2.29. The number of aliphatic carboxylic acids is 1. The first-order chi connectivity index (χ1) is 9.72. The van der Waals surface area contributed by atoms with Crippen molar-refractivity contribution in [1.82, 2.24) is 4.72 Å². The average molecular weight is 317 g/mol. The van der Waals surface area contributed by atoms with E-state index in [1.807, 2.05) is 0 Å². The van der Waals surface area contributed by atoms with E-state index in [4.69, 9.17) is 14.6 Å². The minimum absolute atomic E-state index is 0.0785. The Morgan fingerprint density at radius 1 is 1.24 bits per heavy atom. The SMILES string of the molecule is COc1ccc(S(=O)(=O)N[C@H](C(=O)O)C(C)C)c(OC)c1. The highest BCUT2D eigenvalue weighted by Crippen LogP contribution is 2.28. The standard InChI is InChI=1S/C13H19NO6S/c1-8(2)12(13(15)16)14-21(17,18)11-6-5-9(19-3)7-10(11)20-4/h5-8,12,14H,1-4H3,(H,15,16)/t12-/m0/s1. The molecule has 0 bridgehead atoms. The Morgan fingerprint density at radius 3 is 2.29 bits per heavy atom. The van der Waals surface area contributed by atoms with Gasteiger partial charge in [-0.1, -0.05) is 13.8 Å². The van der Waals surface area contributed by atoms with Crippen LogP contribution in [0, 0.1) is 5.92 Å². The number of ether oxygens (including phenoxy) is 2. The predicted molar refractivity (Wildman–Crippen MR) is 76.1 cm³/mol. The minimum Gasteiger partial charge on any atom is -0.497 e. The fourth-order valence-electron chi connectivity index (χ4n) is 1.70. The Labute approximate surface area is 123 Å². The summed E-state index contributed by atoms with van der Waals surface area (Å²) in [5.74, 6) is -1.12. The summed E-state index contributed by atoms with van der Waals surface area (Å²) < 4.78 is 36.9. The number of carboxylic acids is 1. The Balaban J connectivity index is 3.21. The molecule has 8 heteroatoms. The fourth-order valence-corrected chi connectivity index (χ4v) is 3.19. The summed E-state index contributed by atoms with van der Waals surface area (Å²) in [7, 11) is -1.26. The van der Waals surface area contributed by atoms with Crippen LogP contribution >= 0.6 is 0 Å². The molecule has 1 rings (SSSR count). The summed E-state index contributed by atoms with van der Waals surface area (Å²) in [6, 6.07) is 2.96. The number of nitrogens with one attached hydrogen (secondary N) is 1. The molecule has 0 aliphatic heterocycles. The van der Waals surface area contributed by atoms with Gasteiger partial charge in [0.25, 0.3) is 0 Å². The van der Waals surface area contributed by atoms with Gasteiger partial charge >= 0.3 is 5.97 Å². The molecule has 0 heterocycles. The highest BCUT2D eigenvalue weighted by molar-refractivity contribution is 7.89. The van der Waals surface area contributed by atoms with E-state index in [2.05, 4.69) is 4.72 Å². The molecule has 118 valence electrons. The van der Waals surface area contributed by atoms with Crippen LogP contribution in [-0.4, -0.2) is 39.8 Å². The molecule has 1 aromatic rings. The van der Waals surface area contributed by atoms with Gasteiger partial charge < -0.3 is 14.6 Å². The van der Waals surface area contributed by atoms with Gasteiger partial charge in [-0.3, -0.25) is 4.79 Å². The van der Waals surface area contributed by atoms with Gasteiger partial charge in [0, 0.05) is 6.07 Å². The maximum atomic E-state index is 12.3. The van der Waals surface area contributed by atoms with Crippen molar-refractivity contribution in [3.63, 3.8) is 0 Å². The molecule has 0 saturated carbocycles. The van der Waals surface area contributed by atoms with Crippen LogP contribution in [0.1, 0.15) is 13.8 Å². The topological polar surface area (TPSA) is 102 Å². The minimum atomic E-state index is -4.03. The quantitative estimate of drug-likeness (QED) is 0.780. The molecular weight excluding hydrogens is 298 g/mol. The smallest absolute Gasteiger partial charge is 0.322 e. The lowest BCUT2D eigenvalue weighted by Gasteiger charge is -2.19. The number of carbonyl (C=O) groups is 1. The maximum absolute atomic E-state index is 12.3. The largest absolute Gasteiger partial charge is 0.497 e. The third-order valence-corrected chi connectivity index (χ3v) is 4.36. The van der Waals surface area contributed by atoms with E-state index in [-0.39, 0.29) is 10.6 Å². The van der Waals surface area contributed by atoms with Crippen molar-refractivity contribution in [2.45, 2.75) is 24.8 Å². The van der Waals surface area contributed by atoms with Gasteiger partial charge in [-0.05, 0) is 18.1 Å². The van der Waals surface area contributed by atoms with Crippen LogP contribution in [0.3, 0.4) is 0 Å². The monoisotopic (exact) mass is 317 g/mol. The third-order valence-electron chi connectivity index (χ3n) is 2.88. The summed E-state index contributed by atoms with van der Waals surface area (Å²) in [6.45, 7) is 3.24. The van der Waals surface area contributed by atoms with Crippen molar-refractivity contribution in [3.05, 3.63) is 18.2 Å². The molecule has 0 aliphatic carbocycles. The normalized spacial score (nSPS) is 13.0. The molecule has 7 nitrogen and oxygen atoms in total. The zero-order valence-electron chi connectivity index (χ0n) is 12.3. The number of benzene rings is 1. The van der Waals surface area contributed by atoms with Crippen molar-refractivity contribution in [1.29, 1.82) is 0 Å². The molecule has 1 atom stereocenters. The second-order valence-corrected chi connectivity index (χ2v) is 6.38. The number of methoxy groups -OCH3 is 2. The maximum Gasteiger partial charge on any atom is 0.322 e. The van der Waals surface area contributed by atoms with Gasteiger partial charge in [0.1, 0.15) is 22.4 Å². The van der Waals surface area contributed by atoms with Gasteiger partial charge in [0.2, 0.25) is 10.0 Å². The molecule has 0 radical (unpaired) electrons. The van der Waals surface area contributed by atoms with Crippen LogP contribution in [0.5, 0.6) is 11.5 Å². The van der Waals surface area contributed by atoms with E-state index in [1.165, 1.54) is 32.4 Å². The molecule has 21 heavy (non-hydrogen) atoms. The van der Waals surface area contributed by atoms with Gasteiger partial charge in [-0.15, -0.1) is 0 Å². The van der Waals surface area contributed by atoms with Crippen molar-refractivity contribution < 1.29 is 27.8 Å². The molecule has 0 saturated heterocycles. The van der Waals surface area contributed by atoms with Crippen molar-refractivity contribution in [3.8, 4) is 11.5 Å². The number of carboxylic acid groups (broad SMARTS) is 1. The van der Waals surface area contributed by atoms with Gasteiger partial charge in [-0.2, -0.15) is 4.72 Å². The van der Waals surface area contributed by atoms with Gasteiger partial charge in [0.15, 0.2) is 0 Å². The Kier molecular flexibility index (Phi) is 5.56. The van der Waals surface area contributed by atoms with E-state index in [1.54, 1.807) is 13.8 Å². The summed E-state index contributed by atoms with van der Waals surface area (Å²) in [5.41, 5.74) is 0. The van der Waals surface area contributed by atoms with Crippen molar-refractivity contribution >= 4 is 16.0 Å². The van der Waals surface area contributed by atoms with E-state index in [0.29, 0.717) is 5.75 Å². The van der Waals surface area contributed by atoms with Crippen LogP contribution < -0.4 is 14.2 Å². The molecular formula is C13H19NO6S. The highest BCUT2D eigenvalue weighted by atomic mass is 32.2. The number of hydrogen-bond donors (Lipinski definition) is 2. The van der Waals surface area contributed by atoms with Crippen LogP contribution in [0.2, 0.25) is 0 Å². The van der Waals surface area contributed by atoms with E-state index >= 15 is 0 Å². The average Bonchev–Trinajstić information content (AvgIpc) is 2.43. The molecule has 0 aromatic heterocycles. The number of sulfonamides is 1. The second kappa shape index (κ2) is 6.77. The van der Waals surface area contributed by atoms with Crippen LogP contribution in [0.15, 0.2) is 23.1 Å². The summed E-state index contributed by atoms with van der Waals surface area (Å²) in [6.07, 6.45) is 0. The summed E-state index contributed by atoms with van der Waals surface area (Å²) in [5, 5.41) is 9.08. The molecule has 0 fully saturated rings. The predicted octanol–water partition coefficient (Wildman–Crippen LogP) is 1.09. The molecule has 0 aliphatic rings. The lowest BCUT2D eigenvalue weighted by Crippen LogP contribution is -2.44. The van der Waals surface area contributed by atoms with E-state index < -0.39 is 28.0 Å². The fraction of sp³-hybridized carbons (Fsp3) is 0.462. The molecule has 0 unspecified atom stereocenters. The molecule has 1 aromatic carbocycles. The lowest BCUT2D eigenvalue weighted by molar-refractivity contribution is -0.140. The summed E-state index contributed by atoms with van der Waals surface area (Å²) >= 11 is 0.